The number of likely N-dealkylation sites (tertiary alicyclic amines) is 1. The van der Waals surface area contributed by atoms with Crippen molar-refractivity contribution in [3.05, 3.63) is 82.1 Å². The van der Waals surface area contributed by atoms with Gasteiger partial charge in [-0.05, 0) is 80.3 Å². The van der Waals surface area contributed by atoms with Gasteiger partial charge in [0.15, 0.2) is 0 Å². The summed E-state index contributed by atoms with van der Waals surface area (Å²) in [5, 5.41) is 18.8. The number of rotatable bonds is 6. The number of pyridine rings is 1. The molecule has 4 heterocycles. The minimum atomic E-state index is -4.62. The average molecular weight is 569 g/mol. The number of aryl methyl sites for hydroxylation is 1. The Hall–Kier alpha value is -3.44. The lowest BCUT2D eigenvalue weighted by molar-refractivity contribution is -0.136. The van der Waals surface area contributed by atoms with E-state index in [1.807, 2.05) is 23.7 Å². The van der Waals surface area contributed by atoms with Crippen molar-refractivity contribution in [1.29, 1.82) is 0 Å². The number of hydrogen-bond acceptors (Lipinski definition) is 5. The van der Waals surface area contributed by atoms with E-state index in [0.717, 1.165) is 41.7 Å². The third-order valence-corrected chi connectivity index (χ3v) is 8.68. The highest BCUT2D eigenvalue weighted by atomic mass is 19.4. The molecule has 0 radical (unpaired) electrons. The SMILES string of the molecule is C[C@H]1CCCN(Cc2cc(C(F)(F)F)c3cn(-c4cccc(C(c5nncn5C)C5CC(C)(O)C5)c4)c(=O)n3c2)C1. The molecule has 8 nitrogen and oxygen atoms in total. The summed E-state index contributed by atoms with van der Waals surface area (Å²) in [5.41, 5.74) is -0.519. The minimum Gasteiger partial charge on any atom is -0.390 e. The number of hydrogen-bond donors (Lipinski definition) is 1. The van der Waals surface area contributed by atoms with Crippen molar-refractivity contribution in [3.63, 3.8) is 0 Å². The van der Waals surface area contributed by atoms with Crippen molar-refractivity contribution in [1.82, 2.24) is 28.6 Å². The van der Waals surface area contributed by atoms with E-state index in [-0.39, 0.29) is 17.4 Å². The topological polar surface area (TPSA) is 80.6 Å². The average Bonchev–Trinajstić information content (AvgIpc) is 3.45. The van der Waals surface area contributed by atoms with Gasteiger partial charge in [-0.25, -0.2) is 4.79 Å². The molecule has 2 atom stereocenters. The van der Waals surface area contributed by atoms with Crippen LogP contribution in [0.25, 0.3) is 11.2 Å². The molecule has 0 amide bonds. The number of fused-ring (bicyclic) bond motifs is 1. The molecule has 2 aliphatic rings. The number of alkyl halides is 3. The summed E-state index contributed by atoms with van der Waals surface area (Å²) in [5.74, 6) is 1.12. The first-order valence-corrected chi connectivity index (χ1v) is 14.1. The maximum absolute atomic E-state index is 14.3. The first-order chi connectivity index (χ1) is 19.4. The largest absolute Gasteiger partial charge is 0.418 e. The molecular formula is C30H35F3N6O2. The van der Waals surface area contributed by atoms with Crippen molar-refractivity contribution in [2.75, 3.05) is 13.1 Å². The summed E-state index contributed by atoms with van der Waals surface area (Å²) in [6, 6.07) is 8.46. The molecule has 1 N–H and O–H groups in total. The highest BCUT2D eigenvalue weighted by Gasteiger charge is 2.45. The van der Waals surface area contributed by atoms with Crippen LogP contribution >= 0.6 is 0 Å². The Balaban J connectivity index is 1.42. The van der Waals surface area contributed by atoms with Gasteiger partial charge < -0.3 is 9.67 Å². The van der Waals surface area contributed by atoms with Crippen LogP contribution in [0.1, 0.15) is 68.0 Å². The Labute approximate surface area is 236 Å². The van der Waals surface area contributed by atoms with E-state index in [9.17, 15) is 23.1 Å². The number of aliphatic hydroxyl groups is 1. The molecule has 1 aromatic carbocycles. The quantitative estimate of drug-likeness (QED) is 0.363. The number of imidazole rings is 1. The summed E-state index contributed by atoms with van der Waals surface area (Å²) in [6.45, 7) is 5.97. The minimum absolute atomic E-state index is 0.102. The lowest BCUT2D eigenvalue weighted by Crippen LogP contribution is -2.44. The van der Waals surface area contributed by atoms with E-state index in [4.69, 9.17) is 0 Å². The third-order valence-electron chi connectivity index (χ3n) is 8.68. The second-order valence-electron chi connectivity index (χ2n) is 12.3. The van der Waals surface area contributed by atoms with Crippen molar-refractivity contribution < 1.29 is 18.3 Å². The van der Waals surface area contributed by atoms with Crippen LogP contribution < -0.4 is 5.69 Å². The van der Waals surface area contributed by atoms with Crippen molar-refractivity contribution in [2.45, 2.75) is 63.8 Å². The summed E-state index contributed by atoms with van der Waals surface area (Å²) in [7, 11) is 1.86. The van der Waals surface area contributed by atoms with Crippen LogP contribution in [0, 0.1) is 11.8 Å². The highest BCUT2D eigenvalue weighted by molar-refractivity contribution is 5.58. The van der Waals surface area contributed by atoms with Crippen LogP contribution in [0.3, 0.4) is 0 Å². The van der Waals surface area contributed by atoms with Gasteiger partial charge in [-0.1, -0.05) is 19.1 Å². The predicted octanol–water partition coefficient (Wildman–Crippen LogP) is 4.76. The molecule has 4 aromatic rings. The molecule has 2 fully saturated rings. The second kappa shape index (κ2) is 10.1. The van der Waals surface area contributed by atoms with E-state index >= 15 is 0 Å². The normalized spacial score (nSPS) is 24.5. The third kappa shape index (κ3) is 5.32. The number of piperidine rings is 1. The van der Waals surface area contributed by atoms with Crippen LogP contribution in [0.2, 0.25) is 0 Å². The number of nitrogens with zero attached hydrogens (tertiary/aromatic N) is 6. The van der Waals surface area contributed by atoms with Gasteiger partial charge in [0.05, 0.1) is 22.4 Å². The molecular weight excluding hydrogens is 533 g/mol. The summed E-state index contributed by atoms with van der Waals surface area (Å²) in [4.78, 5) is 15.8. The Morgan fingerprint density at radius 1 is 1.20 bits per heavy atom. The van der Waals surface area contributed by atoms with Crippen LogP contribution in [-0.2, 0) is 19.8 Å². The van der Waals surface area contributed by atoms with Gasteiger partial charge in [0.25, 0.3) is 0 Å². The molecule has 0 bridgehead atoms. The Kier molecular flexibility index (Phi) is 6.85. The summed E-state index contributed by atoms with van der Waals surface area (Å²) < 4.78 is 47.1. The molecule has 0 spiro atoms. The zero-order valence-electron chi connectivity index (χ0n) is 23.5. The van der Waals surface area contributed by atoms with Crippen molar-refractivity contribution >= 4 is 5.52 Å². The van der Waals surface area contributed by atoms with Gasteiger partial charge in [0, 0.05) is 38.4 Å². The number of benzene rings is 1. The monoisotopic (exact) mass is 568 g/mol. The fourth-order valence-corrected chi connectivity index (χ4v) is 6.81. The fraction of sp³-hybridized carbons (Fsp3) is 0.500. The van der Waals surface area contributed by atoms with Crippen molar-refractivity contribution in [2.24, 2.45) is 18.9 Å². The van der Waals surface area contributed by atoms with E-state index < -0.39 is 23.0 Å². The van der Waals surface area contributed by atoms with E-state index in [2.05, 4.69) is 22.0 Å². The summed E-state index contributed by atoms with van der Waals surface area (Å²) in [6.07, 6.45) is 3.12. The standard InChI is InChI=1S/C30H35F3N6O2/c1-19-6-5-9-37(14-19)15-20-10-24(30(31,32)33)25-17-38(28(40)39(25)16-20)23-8-4-7-21(11-23)26(22-12-29(2,41)13-22)27-35-34-18-36(27)3/h4,7-8,10-11,16-19,22,26,41H,5-6,9,12-15H2,1-3H3/t19-,22?,26?,29?/m0/s1. The van der Waals surface area contributed by atoms with Crippen molar-refractivity contribution in [3.8, 4) is 5.69 Å². The molecule has 11 heteroatoms. The van der Waals surface area contributed by atoms with Crippen LogP contribution in [0.4, 0.5) is 13.2 Å². The molecule has 1 saturated carbocycles. The second-order valence-corrected chi connectivity index (χ2v) is 12.3. The molecule has 1 saturated heterocycles. The Morgan fingerprint density at radius 2 is 1.98 bits per heavy atom. The molecule has 1 unspecified atom stereocenters. The van der Waals surface area contributed by atoms with Gasteiger partial charge in [-0.15, -0.1) is 10.2 Å². The predicted molar refractivity (Wildman–Crippen MR) is 148 cm³/mol. The first kappa shape index (κ1) is 27.7. The smallest absolute Gasteiger partial charge is 0.390 e. The Morgan fingerprint density at radius 3 is 2.63 bits per heavy atom. The Bertz CT molecular complexity index is 1630. The summed E-state index contributed by atoms with van der Waals surface area (Å²) >= 11 is 0. The zero-order chi connectivity index (χ0) is 29.1. The van der Waals surface area contributed by atoms with Gasteiger partial charge in [0.2, 0.25) is 0 Å². The first-order valence-electron chi connectivity index (χ1n) is 14.1. The van der Waals surface area contributed by atoms with E-state index in [0.29, 0.717) is 36.6 Å². The number of aromatic nitrogens is 5. The van der Waals surface area contributed by atoms with Crippen LogP contribution in [0.5, 0.6) is 0 Å². The maximum atomic E-state index is 14.3. The molecule has 6 rings (SSSR count). The fourth-order valence-electron chi connectivity index (χ4n) is 6.81. The lowest BCUT2D eigenvalue weighted by atomic mass is 9.64. The molecule has 3 aromatic heterocycles. The number of halogens is 3. The van der Waals surface area contributed by atoms with Gasteiger partial charge in [-0.3, -0.25) is 13.9 Å². The van der Waals surface area contributed by atoms with Crippen LogP contribution in [0.15, 0.2) is 53.8 Å². The highest BCUT2D eigenvalue weighted by Crippen LogP contribution is 2.48. The zero-order valence-corrected chi connectivity index (χ0v) is 23.5. The lowest BCUT2D eigenvalue weighted by Gasteiger charge is -2.44. The molecule has 41 heavy (non-hydrogen) atoms. The molecule has 1 aliphatic carbocycles. The molecule has 218 valence electrons. The van der Waals surface area contributed by atoms with Crippen LogP contribution in [-0.4, -0.2) is 52.4 Å². The van der Waals surface area contributed by atoms with E-state index in [1.54, 1.807) is 31.6 Å². The van der Waals surface area contributed by atoms with Gasteiger partial charge in [-0.2, -0.15) is 13.2 Å². The van der Waals surface area contributed by atoms with Gasteiger partial charge >= 0.3 is 11.9 Å². The molecule has 1 aliphatic heterocycles. The van der Waals surface area contributed by atoms with E-state index in [1.165, 1.54) is 16.8 Å². The maximum Gasteiger partial charge on any atom is 0.418 e. The van der Waals surface area contributed by atoms with Gasteiger partial charge in [0.1, 0.15) is 12.2 Å².